The van der Waals surface area contributed by atoms with Crippen LogP contribution in [0.25, 0.3) is 0 Å². The minimum Gasteiger partial charge on any atom is -0.383 e. The van der Waals surface area contributed by atoms with Crippen LogP contribution in [0.5, 0.6) is 0 Å². The second kappa shape index (κ2) is 8.04. The molecule has 0 aromatic carbocycles. The molecule has 0 radical (unpaired) electrons. The van der Waals surface area contributed by atoms with E-state index in [0.29, 0.717) is 6.04 Å². The summed E-state index contributed by atoms with van der Waals surface area (Å²) in [5, 5.41) is 3.44. The molecule has 0 saturated carbocycles. The van der Waals surface area contributed by atoms with Crippen LogP contribution in [0.1, 0.15) is 33.1 Å². The van der Waals surface area contributed by atoms with E-state index in [2.05, 4.69) is 24.1 Å². The van der Waals surface area contributed by atoms with Crippen molar-refractivity contribution in [3.8, 4) is 0 Å². The van der Waals surface area contributed by atoms with E-state index in [9.17, 15) is 0 Å². The third-order valence-electron chi connectivity index (χ3n) is 3.63. The fourth-order valence-corrected chi connectivity index (χ4v) is 2.56. The summed E-state index contributed by atoms with van der Waals surface area (Å²) in [6.07, 6.45) is 4.08. The lowest BCUT2D eigenvalue weighted by Crippen LogP contribution is -2.49. The van der Waals surface area contributed by atoms with Crippen molar-refractivity contribution in [3.05, 3.63) is 0 Å². The van der Waals surface area contributed by atoms with E-state index in [4.69, 9.17) is 4.74 Å². The van der Waals surface area contributed by atoms with Crippen LogP contribution in [0.3, 0.4) is 0 Å². The highest BCUT2D eigenvalue weighted by molar-refractivity contribution is 4.80. The van der Waals surface area contributed by atoms with Gasteiger partial charge < -0.3 is 10.1 Å². The fraction of sp³-hybridized carbons (Fsp3) is 1.00. The molecular weight excluding hydrogens is 200 g/mol. The summed E-state index contributed by atoms with van der Waals surface area (Å²) < 4.78 is 5.34. The molecule has 3 heteroatoms. The lowest BCUT2D eigenvalue weighted by Gasteiger charge is -2.38. The van der Waals surface area contributed by atoms with Crippen molar-refractivity contribution in [2.24, 2.45) is 5.92 Å². The lowest BCUT2D eigenvalue weighted by atomic mass is 9.94. The monoisotopic (exact) mass is 228 g/mol. The third kappa shape index (κ3) is 4.40. The van der Waals surface area contributed by atoms with Crippen LogP contribution < -0.4 is 5.32 Å². The topological polar surface area (TPSA) is 24.5 Å². The van der Waals surface area contributed by atoms with Gasteiger partial charge in [0.1, 0.15) is 0 Å². The highest BCUT2D eigenvalue weighted by atomic mass is 16.5. The Morgan fingerprint density at radius 3 is 2.88 bits per heavy atom. The van der Waals surface area contributed by atoms with Crippen LogP contribution >= 0.6 is 0 Å². The Balaban J connectivity index is 2.41. The molecule has 2 atom stereocenters. The number of ether oxygens (including phenoxy) is 1. The maximum Gasteiger partial charge on any atom is 0.0630 e. The van der Waals surface area contributed by atoms with Gasteiger partial charge in [-0.2, -0.15) is 0 Å². The number of rotatable bonds is 7. The van der Waals surface area contributed by atoms with E-state index < -0.39 is 0 Å². The summed E-state index contributed by atoms with van der Waals surface area (Å²) in [5.74, 6) is 0.898. The number of nitrogens with zero attached hydrogens (tertiary/aromatic N) is 1. The van der Waals surface area contributed by atoms with Gasteiger partial charge in [0.25, 0.3) is 0 Å². The zero-order valence-electron chi connectivity index (χ0n) is 11.2. The summed E-state index contributed by atoms with van der Waals surface area (Å²) in [6.45, 7) is 9.93. The van der Waals surface area contributed by atoms with Crippen molar-refractivity contribution < 1.29 is 4.74 Å². The molecule has 0 aromatic rings. The van der Waals surface area contributed by atoms with E-state index in [-0.39, 0.29) is 0 Å². The first-order chi connectivity index (χ1) is 7.81. The summed E-state index contributed by atoms with van der Waals surface area (Å²) in [7, 11) is 1.81. The van der Waals surface area contributed by atoms with E-state index in [1.54, 1.807) is 7.11 Å². The van der Waals surface area contributed by atoms with Gasteiger partial charge in [-0.15, -0.1) is 0 Å². The summed E-state index contributed by atoms with van der Waals surface area (Å²) in [6, 6.07) is 0.555. The smallest absolute Gasteiger partial charge is 0.0630 e. The average molecular weight is 228 g/mol. The molecule has 16 heavy (non-hydrogen) atoms. The number of nitrogens with one attached hydrogen (secondary N) is 1. The van der Waals surface area contributed by atoms with E-state index in [1.807, 2.05) is 0 Å². The van der Waals surface area contributed by atoms with Crippen molar-refractivity contribution in [3.63, 3.8) is 0 Å². The summed E-state index contributed by atoms with van der Waals surface area (Å²) in [4.78, 5) is 2.61. The number of likely N-dealkylation sites (tertiary alicyclic amines) is 1. The molecule has 3 nitrogen and oxygen atoms in total. The molecule has 0 amide bonds. The lowest BCUT2D eigenvalue weighted by molar-refractivity contribution is 0.0587. The molecule has 1 aliphatic heterocycles. The second-order valence-corrected chi connectivity index (χ2v) is 4.83. The van der Waals surface area contributed by atoms with Gasteiger partial charge >= 0.3 is 0 Å². The molecule has 1 fully saturated rings. The predicted molar refractivity (Wildman–Crippen MR) is 68.8 cm³/mol. The summed E-state index contributed by atoms with van der Waals surface area (Å²) in [5.41, 5.74) is 0. The highest BCUT2D eigenvalue weighted by Gasteiger charge is 2.24. The first-order valence-electron chi connectivity index (χ1n) is 6.75. The number of methoxy groups -OCH3 is 1. The Hall–Kier alpha value is -0.120. The Kier molecular flexibility index (Phi) is 7.01. The van der Waals surface area contributed by atoms with Crippen molar-refractivity contribution in [1.29, 1.82) is 0 Å². The van der Waals surface area contributed by atoms with E-state index in [0.717, 1.165) is 25.6 Å². The minimum atomic E-state index is 0.555. The predicted octanol–water partition coefficient (Wildman–Crippen LogP) is 1.73. The van der Waals surface area contributed by atoms with E-state index >= 15 is 0 Å². The number of piperidine rings is 1. The Bertz CT molecular complexity index is 173. The molecule has 2 unspecified atom stereocenters. The molecule has 0 aliphatic carbocycles. The standard InChI is InChI=1S/C13H28N2O/c1-4-12-7-6-8-15(10-12)13(11-16-3)9-14-5-2/h12-14H,4-11H2,1-3H3. The molecule has 0 spiro atoms. The third-order valence-corrected chi connectivity index (χ3v) is 3.63. The first-order valence-corrected chi connectivity index (χ1v) is 6.75. The van der Waals surface area contributed by atoms with Crippen LogP contribution in [-0.2, 0) is 4.74 Å². The quantitative estimate of drug-likeness (QED) is 0.718. The first kappa shape index (κ1) is 13.9. The van der Waals surface area contributed by atoms with Gasteiger partial charge in [0.05, 0.1) is 6.61 Å². The second-order valence-electron chi connectivity index (χ2n) is 4.83. The van der Waals surface area contributed by atoms with Gasteiger partial charge in [0.15, 0.2) is 0 Å². The maximum absolute atomic E-state index is 5.34. The van der Waals surface area contributed by atoms with Crippen molar-refractivity contribution >= 4 is 0 Å². The Morgan fingerprint density at radius 1 is 1.44 bits per heavy atom. The van der Waals surface area contributed by atoms with Crippen LogP contribution in [0, 0.1) is 5.92 Å². The van der Waals surface area contributed by atoms with E-state index in [1.165, 1.54) is 32.4 Å². The number of likely N-dealkylation sites (N-methyl/N-ethyl adjacent to an activating group) is 1. The number of hydrogen-bond acceptors (Lipinski definition) is 3. The van der Waals surface area contributed by atoms with Gasteiger partial charge in [0.2, 0.25) is 0 Å². The van der Waals surface area contributed by atoms with Crippen LogP contribution in [0.4, 0.5) is 0 Å². The fourth-order valence-electron chi connectivity index (χ4n) is 2.56. The zero-order chi connectivity index (χ0) is 11.8. The zero-order valence-corrected chi connectivity index (χ0v) is 11.2. The molecule has 1 N–H and O–H groups in total. The normalized spacial score (nSPS) is 24.6. The minimum absolute atomic E-state index is 0.555. The SMILES string of the molecule is CCNCC(COC)N1CCCC(CC)C1. The Morgan fingerprint density at radius 2 is 2.25 bits per heavy atom. The molecule has 96 valence electrons. The molecule has 1 saturated heterocycles. The van der Waals surface area contributed by atoms with Crippen LogP contribution in [-0.4, -0.2) is 50.8 Å². The van der Waals surface area contributed by atoms with Gasteiger partial charge in [-0.3, -0.25) is 4.90 Å². The van der Waals surface area contributed by atoms with Crippen molar-refractivity contribution in [2.45, 2.75) is 39.2 Å². The average Bonchev–Trinajstić information content (AvgIpc) is 2.34. The molecular formula is C13H28N2O. The van der Waals surface area contributed by atoms with Gasteiger partial charge in [0, 0.05) is 26.2 Å². The van der Waals surface area contributed by atoms with Gasteiger partial charge in [-0.25, -0.2) is 0 Å². The molecule has 0 bridgehead atoms. The molecule has 1 aliphatic rings. The molecule has 1 rings (SSSR count). The van der Waals surface area contributed by atoms with Crippen LogP contribution in [0.15, 0.2) is 0 Å². The largest absolute Gasteiger partial charge is 0.383 e. The van der Waals surface area contributed by atoms with Crippen molar-refractivity contribution in [1.82, 2.24) is 10.2 Å². The van der Waals surface area contributed by atoms with Gasteiger partial charge in [-0.05, 0) is 31.8 Å². The highest BCUT2D eigenvalue weighted by Crippen LogP contribution is 2.20. The van der Waals surface area contributed by atoms with Gasteiger partial charge in [-0.1, -0.05) is 20.3 Å². The summed E-state index contributed by atoms with van der Waals surface area (Å²) >= 11 is 0. The number of hydrogen-bond donors (Lipinski definition) is 1. The Labute approximate surface area is 101 Å². The molecule has 0 aromatic heterocycles. The van der Waals surface area contributed by atoms with Crippen molar-refractivity contribution in [2.75, 3.05) is 39.9 Å². The van der Waals surface area contributed by atoms with Crippen LogP contribution in [0.2, 0.25) is 0 Å². The maximum atomic E-state index is 5.34. The molecule has 1 heterocycles.